The standard InChI is InChI=1S/C12H19NO2/c1-5-7-12(13-9-14)8-11(6-2)10(3)15-4/h5,7-10H,1,6H2,2-4H3,(H,13,14)/b11-8-,12-7+. The molecule has 0 aromatic rings. The minimum Gasteiger partial charge on any atom is -0.377 e. The van der Waals surface area contributed by atoms with Gasteiger partial charge in [0.25, 0.3) is 0 Å². The highest BCUT2D eigenvalue weighted by atomic mass is 16.5. The number of carbonyl (C=O) groups excluding carboxylic acids is 1. The van der Waals surface area contributed by atoms with E-state index in [0.717, 1.165) is 17.7 Å². The summed E-state index contributed by atoms with van der Waals surface area (Å²) in [4.78, 5) is 10.4. The van der Waals surface area contributed by atoms with Crippen LogP contribution in [0.1, 0.15) is 20.3 Å². The van der Waals surface area contributed by atoms with E-state index in [1.165, 1.54) is 0 Å². The first-order valence-corrected chi connectivity index (χ1v) is 4.95. The summed E-state index contributed by atoms with van der Waals surface area (Å²) < 4.78 is 5.22. The van der Waals surface area contributed by atoms with E-state index in [4.69, 9.17) is 4.74 Å². The fourth-order valence-electron chi connectivity index (χ4n) is 1.19. The Balaban J connectivity index is 4.82. The third kappa shape index (κ3) is 5.18. The van der Waals surface area contributed by atoms with Crippen molar-refractivity contribution >= 4 is 6.41 Å². The lowest BCUT2D eigenvalue weighted by molar-refractivity contribution is -0.108. The largest absolute Gasteiger partial charge is 0.377 e. The van der Waals surface area contributed by atoms with Gasteiger partial charge in [-0.25, -0.2) is 0 Å². The average Bonchev–Trinajstić information content (AvgIpc) is 2.25. The van der Waals surface area contributed by atoms with E-state index in [2.05, 4.69) is 11.9 Å². The molecule has 0 aliphatic rings. The lowest BCUT2D eigenvalue weighted by Crippen LogP contribution is -2.13. The van der Waals surface area contributed by atoms with Gasteiger partial charge in [-0.2, -0.15) is 0 Å². The van der Waals surface area contributed by atoms with E-state index in [1.807, 2.05) is 19.9 Å². The molecule has 0 saturated carbocycles. The van der Waals surface area contributed by atoms with Gasteiger partial charge in [0.1, 0.15) is 0 Å². The maximum Gasteiger partial charge on any atom is 0.211 e. The van der Waals surface area contributed by atoms with Crippen LogP contribution in [0.25, 0.3) is 0 Å². The Kier molecular flexibility index (Phi) is 7.28. The van der Waals surface area contributed by atoms with Crippen LogP contribution in [0.15, 0.2) is 36.1 Å². The van der Waals surface area contributed by atoms with E-state index < -0.39 is 0 Å². The molecule has 3 nitrogen and oxygen atoms in total. The maximum atomic E-state index is 10.4. The normalized spacial score (nSPS) is 14.6. The first kappa shape index (κ1) is 13.7. The Labute approximate surface area is 91.5 Å². The summed E-state index contributed by atoms with van der Waals surface area (Å²) in [5.41, 5.74) is 1.85. The molecular formula is C12H19NO2. The Morgan fingerprint density at radius 1 is 1.60 bits per heavy atom. The summed E-state index contributed by atoms with van der Waals surface area (Å²) in [7, 11) is 1.66. The second-order valence-corrected chi connectivity index (χ2v) is 3.07. The summed E-state index contributed by atoms with van der Waals surface area (Å²) in [5.74, 6) is 0. The zero-order valence-electron chi connectivity index (χ0n) is 9.62. The van der Waals surface area contributed by atoms with E-state index in [9.17, 15) is 4.79 Å². The van der Waals surface area contributed by atoms with Crippen LogP contribution in [0.2, 0.25) is 0 Å². The molecule has 1 atom stereocenters. The number of methoxy groups -OCH3 is 1. The molecule has 0 heterocycles. The quantitative estimate of drug-likeness (QED) is 0.515. The summed E-state index contributed by atoms with van der Waals surface area (Å²) in [5, 5.41) is 2.60. The second kappa shape index (κ2) is 8.00. The van der Waals surface area contributed by atoms with Crippen LogP contribution >= 0.6 is 0 Å². The van der Waals surface area contributed by atoms with Gasteiger partial charge in [-0.05, 0) is 31.1 Å². The number of nitrogens with one attached hydrogen (secondary N) is 1. The van der Waals surface area contributed by atoms with Gasteiger partial charge in [0, 0.05) is 12.8 Å². The van der Waals surface area contributed by atoms with Crippen molar-refractivity contribution in [3.05, 3.63) is 36.1 Å². The number of allylic oxidation sites excluding steroid dienone is 3. The third-order valence-corrected chi connectivity index (χ3v) is 2.15. The molecule has 0 bridgehead atoms. The SMILES string of the molecule is C=C/C=C(\C=C(\CC)C(C)OC)NC=O. The number of hydrogen-bond acceptors (Lipinski definition) is 2. The van der Waals surface area contributed by atoms with E-state index in [1.54, 1.807) is 19.3 Å². The molecule has 0 aliphatic heterocycles. The van der Waals surface area contributed by atoms with Crippen LogP contribution in [-0.4, -0.2) is 19.6 Å². The monoisotopic (exact) mass is 209 g/mol. The topological polar surface area (TPSA) is 38.3 Å². The summed E-state index contributed by atoms with van der Waals surface area (Å²) in [6.07, 6.45) is 6.86. The van der Waals surface area contributed by atoms with Crippen LogP contribution in [0.5, 0.6) is 0 Å². The van der Waals surface area contributed by atoms with Crippen molar-refractivity contribution in [2.24, 2.45) is 0 Å². The third-order valence-electron chi connectivity index (χ3n) is 2.15. The highest BCUT2D eigenvalue weighted by molar-refractivity contribution is 5.52. The molecule has 1 unspecified atom stereocenters. The van der Waals surface area contributed by atoms with Crippen molar-refractivity contribution in [1.29, 1.82) is 0 Å². The van der Waals surface area contributed by atoms with Crippen molar-refractivity contribution in [2.75, 3.05) is 7.11 Å². The van der Waals surface area contributed by atoms with Crippen LogP contribution in [0.4, 0.5) is 0 Å². The minimum atomic E-state index is 0.0525. The molecule has 15 heavy (non-hydrogen) atoms. The van der Waals surface area contributed by atoms with Gasteiger partial charge >= 0.3 is 0 Å². The van der Waals surface area contributed by atoms with Gasteiger partial charge in [0.15, 0.2) is 0 Å². The first-order chi connectivity index (χ1) is 7.19. The van der Waals surface area contributed by atoms with E-state index >= 15 is 0 Å². The summed E-state index contributed by atoms with van der Waals surface area (Å²) in [6.45, 7) is 7.61. The van der Waals surface area contributed by atoms with Gasteiger partial charge in [0.2, 0.25) is 6.41 Å². The van der Waals surface area contributed by atoms with Crippen molar-refractivity contribution in [3.8, 4) is 0 Å². The average molecular weight is 209 g/mol. The fraction of sp³-hybridized carbons (Fsp3) is 0.417. The summed E-state index contributed by atoms with van der Waals surface area (Å²) in [6, 6.07) is 0. The molecule has 0 aliphatic carbocycles. The van der Waals surface area contributed by atoms with Gasteiger partial charge < -0.3 is 10.1 Å². The van der Waals surface area contributed by atoms with Crippen molar-refractivity contribution in [1.82, 2.24) is 5.32 Å². The number of amides is 1. The lowest BCUT2D eigenvalue weighted by Gasteiger charge is -2.13. The minimum absolute atomic E-state index is 0.0525. The Morgan fingerprint density at radius 3 is 2.67 bits per heavy atom. The van der Waals surface area contributed by atoms with Crippen LogP contribution in [0, 0.1) is 0 Å². The predicted octanol–water partition coefficient (Wildman–Crippen LogP) is 2.17. The Morgan fingerprint density at radius 2 is 2.27 bits per heavy atom. The van der Waals surface area contributed by atoms with Gasteiger partial charge in [0.05, 0.1) is 6.10 Å². The van der Waals surface area contributed by atoms with Gasteiger partial charge in [-0.1, -0.05) is 19.6 Å². The first-order valence-electron chi connectivity index (χ1n) is 4.95. The summed E-state index contributed by atoms with van der Waals surface area (Å²) >= 11 is 0. The molecule has 3 heteroatoms. The van der Waals surface area contributed by atoms with Crippen LogP contribution in [0.3, 0.4) is 0 Å². The van der Waals surface area contributed by atoms with Crippen LogP contribution < -0.4 is 5.32 Å². The van der Waals surface area contributed by atoms with E-state index in [0.29, 0.717) is 6.41 Å². The van der Waals surface area contributed by atoms with Gasteiger partial charge in [-0.3, -0.25) is 4.79 Å². The molecule has 1 amide bonds. The fourth-order valence-corrected chi connectivity index (χ4v) is 1.19. The molecule has 1 N–H and O–H groups in total. The van der Waals surface area contributed by atoms with Crippen molar-refractivity contribution < 1.29 is 9.53 Å². The second-order valence-electron chi connectivity index (χ2n) is 3.07. The molecule has 0 radical (unpaired) electrons. The Hall–Kier alpha value is -1.35. The zero-order chi connectivity index (χ0) is 11.7. The molecule has 84 valence electrons. The molecule has 0 rings (SSSR count). The van der Waals surface area contributed by atoms with Crippen molar-refractivity contribution in [3.63, 3.8) is 0 Å². The molecular weight excluding hydrogens is 190 g/mol. The van der Waals surface area contributed by atoms with Crippen LogP contribution in [-0.2, 0) is 9.53 Å². The molecule has 0 aromatic carbocycles. The van der Waals surface area contributed by atoms with E-state index in [-0.39, 0.29) is 6.10 Å². The molecule has 0 saturated heterocycles. The maximum absolute atomic E-state index is 10.4. The Bertz CT molecular complexity index is 267. The highest BCUT2D eigenvalue weighted by Gasteiger charge is 2.05. The number of ether oxygens (including phenoxy) is 1. The predicted molar refractivity (Wildman–Crippen MR) is 62.3 cm³/mol. The molecule has 0 spiro atoms. The molecule has 0 fully saturated rings. The molecule has 0 aromatic heterocycles. The van der Waals surface area contributed by atoms with Crippen molar-refractivity contribution in [2.45, 2.75) is 26.4 Å². The highest BCUT2D eigenvalue weighted by Crippen LogP contribution is 2.12. The lowest BCUT2D eigenvalue weighted by atomic mass is 10.1. The smallest absolute Gasteiger partial charge is 0.211 e. The number of hydrogen-bond donors (Lipinski definition) is 1. The zero-order valence-corrected chi connectivity index (χ0v) is 9.62. The number of carbonyl (C=O) groups is 1. The van der Waals surface area contributed by atoms with Gasteiger partial charge in [-0.15, -0.1) is 0 Å². The number of rotatable bonds is 7.